The molecule has 0 aliphatic rings. The van der Waals surface area contributed by atoms with Crippen LogP contribution in [0.4, 0.5) is 22.0 Å². The highest BCUT2D eigenvalue weighted by Crippen LogP contribution is 2.35. The number of nitrogen functional groups attached to an aromatic ring is 1. The smallest absolute Gasteiger partial charge is 0.323 e. The van der Waals surface area contributed by atoms with Crippen molar-refractivity contribution in [3.8, 4) is 16.9 Å². The summed E-state index contributed by atoms with van der Waals surface area (Å²) < 4.78 is 1.53. The number of benzene rings is 3. The van der Waals surface area contributed by atoms with Crippen molar-refractivity contribution in [2.45, 2.75) is 0 Å². The number of para-hydroxylation sites is 2. The lowest BCUT2D eigenvalue weighted by Gasteiger charge is -2.09. The highest BCUT2D eigenvalue weighted by atomic mass is 35.5. The molecule has 0 saturated heterocycles. The van der Waals surface area contributed by atoms with Crippen molar-refractivity contribution in [2.75, 3.05) is 16.4 Å². The number of urea groups is 1. The van der Waals surface area contributed by atoms with E-state index in [-0.39, 0.29) is 5.82 Å². The fraction of sp³-hybridized carbons (Fsp3) is 0. The van der Waals surface area contributed by atoms with Crippen molar-refractivity contribution in [1.29, 1.82) is 0 Å². The number of anilines is 3. The van der Waals surface area contributed by atoms with Crippen LogP contribution in [0.25, 0.3) is 16.9 Å². The van der Waals surface area contributed by atoms with E-state index in [4.69, 9.17) is 17.3 Å². The molecule has 6 nitrogen and oxygen atoms in total. The highest BCUT2D eigenvalue weighted by molar-refractivity contribution is 6.32. The van der Waals surface area contributed by atoms with Crippen LogP contribution in [0.5, 0.6) is 0 Å². The fourth-order valence-corrected chi connectivity index (χ4v) is 3.17. The van der Waals surface area contributed by atoms with E-state index in [1.807, 2.05) is 66.7 Å². The van der Waals surface area contributed by atoms with Gasteiger partial charge in [0.25, 0.3) is 0 Å². The molecule has 4 rings (SSSR count). The summed E-state index contributed by atoms with van der Waals surface area (Å²) in [7, 11) is 0. The Balaban J connectivity index is 1.75. The molecule has 29 heavy (non-hydrogen) atoms. The third-order valence-corrected chi connectivity index (χ3v) is 4.64. The zero-order chi connectivity index (χ0) is 20.2. The molecular weight excluding hydrogens is 386 g/mol. The Hall–Kier alpha value is -3.77. The van der Waals surface area contributed by atoms with Crippen LogP contribution < -0.4 is 16.4 Å². The van der Waals surface area contributed by atoms with Gasteiger partial charge in [0, 0.05) is 11.3 Å². The zero-order valence-corrected chi connectivity index (χ0v) is 16.1. The van der Waals surface area contributed by atoms with Crippen LogP contribution in [-0.2, 0) is 0 Å². The number of nitrogens with zero attached hydrogens (tertiary/aromatic N) is 2. The molecule has 0 aliphatic carbocycles. The number of amides is 2. The van der Waals surface area contributed by atoms with Crippen LogP contribution in [-0.4, -0.2) is 15.8 Å². The Labute approximate surface area is 172 Å². The van der Waals surface area contributed by atoms with E-state index in [1.54, 1.807) is 18.2 Å². The Morgan fingerprint density at radius 2 is 1.48 bits per heavy atom. The van der Waals surface area contributed by atoms with Crippen molar-refractivity contribution in [2.24, 2.45) is 0 Å². The summed E-state index contributed by atoms with van der Waals surface area (Å²) in [6.45, 7) is 0. The third-order valence-electron chi connectivity index (χ3n) is 4.32. The van der Waals surface area contributed by atoms with Gasteiger partial charge in [-0.05, 0) is 24.3 Å². The highest BCUT2D eigenvalue weighted by Gasteiger charge is 2.21. The Morgan fingerprint density at radius 3 is 2.17 bits per heavy atom. The standard InChI is InChI=1S/C22H18ClN5O/c23-17-13-7-8-14-18(17)28-21(24)20(19(27-28)15-9-3-1-4-10-15)26-22(29)25-16-11-5-2-6-12-16/h1-14H,24H2,(H2,25,26,29). The van der Waals surface area contributed by atoms with Crippen LogP contribution in [0.2, 0.25) is 5.02 Å². The van der Waals surface area contributed by atoms with Crippen molar-refractivity contribution in [3.05, 3.63) is 90.0 Å². The minimum atomic E-state index is -0.418. The van der Waals surface area contributed by atoms with Gasteiger partial charge in [-0.25, -0.2) is 9.48 Å². The Morgan fingerprint density at radius 1 is 0.862 bits per heavy atom. The summed E-state index contributed by atoms with van der Waals surface area (Å²) >= 11 is 6.34. The minimum absolute atomic E-state index is 0.278. The van der Waals surface area contributed by atoms with Crippen LogP contribution in [0.3, 0.4) is 0 Å². The molecule has 1 aromatic heterocycles. The van der Waals surface area contributed by atoms with Gasteiger partial charge >= 0.3 is 6.03 Å². The normalized spacial score (nSPS) is 10.5. The first kappa shape index (κ1) is 18.6. The maximum Gasteiger partial charge on any atom is 0.323 e. The van der Waals surface area contributed by atoms with E-state index in [0.29, 0.717) is 27.8 Å². The molecule has 0 aliphatic heterocycles. The largest absolute Gasteiger partial charge is 0.382 e. The molecule has 0 bridgehead atoms. The molecule has 0 spiro atoms. The van der Waals surface area contributed by atoms with Gasteiger partial charge in [0.15, 0.2) is 5.82 Å². The van der Waals surface area contributed by atoms with Crippen molar-refractivity contribution >= 4 is 34.8 Å². The number of hydrogen-bond donors (Lipinski definition) is 3. The van der Waals surface area contributed by atoms with Crippen molar-refractivity contribution < 1.29 is 4.79 Å². The second-order valence-electron chi connectivity index (χ2n) is 6.28. The molecule has 0 atom stereocenters. The number of nitrogens with one attached hydrogen (secondary N) is 2. The first-order chi connectivity index (χ1) is 14.1. The van der Waals surface area contributed by atoms with E-state index in [0.717, 1.165) is 5.56 Å². The number of aromatic nitrogens is 2. The molecule has 3 aromatic carbocycles. The first-order valence-corrected chi connectivity index (χ1v) is 9.33. The number of nitrogens with two attached hydrogens (primary N) is 1. The molecular formula is C22H18ClN5O. The van der Waals surface area contributed by atoms with Gasteiger partial charge in [0.1, 0.15) is 11.4 Å². The second-order valence-corrected chi connectivity index (χ2v) is 6.69. The van der Waals surface area contributed by atoms with Gasteiger partial charge in [-0.2, -0.15) is 5.10 Å². The van der Waals surface area contributed by atoms with Gasteiger partial charge in [-0.1, -0.05) is 72.3 Å². The molecule has 0 fully saturated rings. The minimum Gasteiger partial charge on any atom is -0.382 e. The monoisotopic (exact) mass is 403 g/mol. The molecule has 4 N–H and O–H groups in total. The van der Waals surface area contributed by atoms with Crippen LogP contribution >= 0.6 is 11.6 Å². The summed E-state index contributed by atoms with van der Waals surface area (Å²) in [6, 6.07) is 25.5. The number of rotatable bonds is 4. The van der Waals surface area contributed by atoms with Crippen LogP contribution in [0, 0.1) is 0 Å². The third kappa shape index (κ3) is 3.93. The second kappa shape index (κ2) is 8.08. The lowest BCUT2D eigenvalue weighted by atomic mass is 10.1. The average Bonchev–Trinajstić information content (AvgIpc) is 3.06. The van der Waals surface area contributed by atoms with Crippen molar-refractivity contribution in [1.82, 2.24) is 9.78 Å². The predicted octanol–water partition coefficient (Wildman–Crippen LogP) is 5.42. The summed E-state index contributed by atoms with van der Waals surface area (Å²) in [6.07, 6.45) is 0. The maximum atomic E-state index is 12.6. The zero-order valence-electron chi connectivity index (χ0n) is 15.3. The summed E-state index contributed by atoms with van der Waals surface area (Å²) in [5.74, 6) is 0.278. The molecule has 144 valence electrons. The summed E-state index contributed by atoms with van der Waals surface area (Å²) in [4.78, 5) is 12.6. The molecule has 2 amide bonds. The maximum absolute atomic E-state index is 12.6. The first-order valence-electron chi connectivity index (χ1n) is 8.95. The summed E-state index contributed by atoms with van der Waals surface area (Å²) in [5.41, 5.74) is 9.45. The molecule has 7 heteroatoms. The molecule has 0 radical (unpaired) electrons. The van der Waals surface area contributed by atoms with Crippen molar-refractivity contribution in [3.63, 3.8) is 0 Å². The van der Waals surface area contributed by atoms with Gasteiger partial charge in [-0.15, -0.1) is 0 Å². The van der Waals surface area contributed by atoms with E-state index < -0.39 is 6.03 Å². The molecule has 1 heterocycles. The number of hydrogen-bond acceptors (Lipinski definition) is 3. The number of carbonyl (C=O) groups is 1. The van der Waals surface area contributed by atoms with Gasteiger partial charge in [0.2, 0.25) is 0 Å². The summed E-state index contributed by atoms with van der Waals surface area (Å²) in [5, 5.41) is 10.8. The van der Waals surface area contributed by atoms with Crippen LogP contribution in [0.15, 0.2) is 84.9 Å². The predicted molar refractivity (Wildman–Crippen MR) is 118 cm³/mol. The molecule has 4 aromatic rings. The topological polar surface area (TPSA) is 85.0 Å². The quantitative estimate of drug-likeness (QED) is 0.425. The molecule has 0 saturated carbocycles. The van der Waals surface area contributed by atoms with Gasteiger partial charge in [-0.3, -0.25) is 0 Å². The lowest BCUT2D eigenvalue weighted by molar-refractivity contribution is 0.262. The Kier molecular flexibility index (Phi) is 5.18. The average molecular weight is 404 g/mol. The SMILES string of the molecule is Nc1c(NC(=O)Nc2ccccc2)c(-c2ccccc2)nn1-c1ccccc1Cl. The lowest BCUT2D eigenvalue weighted by Crippen LogP contribution is -2.20. The van der Waals surface area contributed by atoms with Gasteiger partial charge < -0.3 is 16.4 Å². The van der Waals surface area contributed by atoms with Crippen LogP contribution in [0.1, 0.15) is 0 Å². The van der Waals surface area contributed by atoms with Gasteiger partial charge in [0.05, 0.1) is 10.7 Å². The van der Waals surface area contributed by atoms with E-state index >= 15 is 0 Å². The van der Waals surface area contributed by atoms with E-state index in [9.17, 15) is 4.79 Å². The fourth-order valence-electron chi connectivity index (χ4n) is 2.96. The van der Waals surface area contributed by atoms with E-state index in [1.165, 1.54) is 4.68 Å². The number of halogens is 1. The molecule has 0 unspecified atom stereocenters. The Bertz CT molecular complexity index is 1140. The van der Waals surface area contributed by atoms with E-state index in [2.05, 4.69) is 15.7 Å². The number of carbonyl (C=O) groups excluding carboxylic acids is 1.